The summed E-state index contributed by atoms with van der Waals surface area (Å²) in [5.41, 5.74) is 0.516. The number of rotatable bonds is 5. The van der Waals surface area contributed by atoms with Gasteiger partial charge >= 0.3 is 0 Å². The van der Waals surface area contributed by atoms with E-state index >= 15 is 0 Å². The second-order valence-electron chi connectivity index (χ2n) is 4.95. The molecule has 5 heteroatoms. The second kappa shape index (κ2) is 4.71. The molecule has 0 amide bonds. The molecule has 0 aromatic heterocycles. The van der Waals surface area contributed by atoms with Gasteiger partial charge < -0.3 is 5.32 Å². The van der Waals surface area contributed by atoms with Crippen molar-refractivity contribution < 1.29 is 8.42 Å². The first-order chi connectivity index (χ1) is 8.45. The van der Waals surface area contributed by atoms with E-state index in [0.29, 0.717) is 12.1 Å². The van der Waals surface area contributed by atoms with Crippen molar-refractivity contribution in [3.63, 3.8) is 0 Å². The molecule has 0 saturated heterocycles. The van der Waals surface area contributed by atoms with Gasteiger partial charge in [-0.25, -0.2) is 8.42 Å². The molecule has 0 unspecified atom stereocenters. The van der Waals surface area contributed by atoms with Gasteiger partial charge in [0.05, 0.1) is 22.3 Å². The average Bonchev–Trinajstić information content (AvgIpc) is 3.07. The van der Waals surface area contributed by atoms with Crippen LogP contribution in [-0.2, 0) is 9.84 Å². The maximum atomic E-state index is 12.1. The first-order valence-corrected chi connectivity index (χ1v) is 7.58. The first-order valence-electron chi connectivity index (χ1n) is 5.93. The Labute approximate surface area is 108 Å². The Morgan fingerprint density at radius 2 is 2.17 bits per heavy atom. The van der Waals surface area contributed by atoms with Crippen molar-refractivity contribution in [3.8, 4) is 6.07 Å². The summed E-state index contributed by atoms with van der Waals surface area (Å²) in [7, 11) is -3.30. The van der Waals surface area contributed by atoms with E-state index in [9.17, 15) is 8.42 Å². The van der Waals surface area contributed by atoms with Crippen molar-refractivity contribution in [3.05, 3.63) is 29.8 Å². The van der Waals surface area contributed by atoms with Gasteiger partial charge in [-0.15, -0.1) is 0 Å². The van der Waals surface area contributed by atoms with Crippen LogP contribution in [0.15, 0.2) is 29.2 Å². The lowest BCUT2D eigenvalue weighted by molar-refractivity contribution is 0.549. The molecule has 0 heterocycles. The summed E-state index contributed by atoms with van der Waals surface area (Å²) in [6.07, 6.45) is 2.22. The monoisotopic (exact) mass is 264 g/mol. The van der Waals surface area contributed by atoms with Gasteiger partial charge in [0.1, 0.15) is 0 Å². The molecular formula is C13H16N2O2S. The van der Waals surface area contributed by atoms with Gasteiger partial charge in [-0.2, -0.15) is 5.26 Å². The molecule has 1 N–H and O–H groups in total. The number of benzene rings is 1. The first kappa shape index (κ1) is 13.1. The van der Waals surface area contributed by atoms with Gasteiger partial charge in [0.2, 0.25) is 0 Å². The number of nitrogens with one attached hydrogen (secondary N) is 1. The summed E-state index contributed by atoms with van der Waals surface area (Å²) < 4.78 is 24.1. The fraction of sp³-hybridized carbons (Fsp3) is 0.462. The summed E-state index contributed by atoms with van der Waals surface area (Å²) in [5.74, 6) is 0.0669. The zero-order valence-corrected chi connectivity index (χ0v) is 11.1. The predicted molar refractivity (Wildman–Crippen MR) is 68.9 cm³/mol. The Balaban J connectivity index is 2.03. The molecule has 96 valence electrons. The summed E-state index contributed by atoms with van der Waals surface area (Å²) in [6, 6.07) is 8.11. The van der Waals surface area contributed by atoms with Crippen LogP contribution in [0.4, 0.5) is 0 Å². The topological polar surface area (TPSA) is 70.0 Å². The van der Waals surface area contributed by atoms with Crippen molar-refractivity contribution in [2.75, 3.05) is 12.3 Å². The highest BCUT2D eigenvalue weighted by Crippen LogP contribution is 2.33. The summed E-state index contributed by atoms with van der Waals surface area (Å²) in [5, 5.41) is 12.0. The predicted octanol–water partition coefficient (Wildman–Crippen LogP) is 1.47. The lowest BCUT2D eigenvalue weighted by atomic mass is 10.2. The molecule has 1 fully saturated rings. The zero-order chi connectivity index (χ0) is 13.2. The lowest BCUT2D eigenvalue weighted by Gasteiger charge is -2.11. The molecule has 1 saturated carbocycles. The van der Waals surface area contributed by atoms with Gasteiger partial charge in [-0.05, 0) is 38.0 Å². The third-order valence-corrected chi connectivity index (χ3v) is 4.96. The van der Waals surface area contributed by atoms with E-state index in [0.717, 1.165) is 12.8 Å². The maximum Gasteiger partial charge on any atom is 0.179 e. The van der Waals surface area contributed by atoms with Gasteiger partial charge in [0.15, 0.2) is 9.84 Å². The zero-order valence-electron chi connectivity index (χ0n) is 10.3. The van der Waals surface area contributed by atoms with Crippen molar-refractivity contribution >= 4 is 9.84 Å². The van der Waals surface area contributed by atoms with E-state index in [2.05, 4.69) is 12.2 Å². The molecule has 1 aliphatic carbocycles. The van der Waals surface area contributed by atoms with Crippen LogP contribution < -0.4 is 5.32 Å². The van der Waals surface area contributed by atoms with Crippen LogP contribution in [0.5, 0.6) is 0 Å². The molecule has 0 radical (unpaired) electrons. The smallest absolute Gasteiger partial charge is 0.179 e. The van der Waals surface area contributed by atoms with Gasteiger partial charge in [0.25, 0.3) is 0 Å². The largest absolute Gasteiger partial charge is 0.310 e. The molecule has 18 heavy (non-hydrogen) atoms. The van der Waals surface area contributed by atoms with Crippen molar-refractivity contribution in [2.45, 2.75) is 30.2 Å². The summed E-state index contributed by atoms with van der Waals surface area (Å²) in [4.78, 5) is 0.226. The van der Waals surface area contributed by atoms with Crippen LogP contribution >= 0.6 is 0 Å². The Bertz CT molecular complexity index is 583. The van der Waals surface area contributed by atoms with Gasteiger partial charge in [-0.1, -0.05) is 6.07 Å². The molecular weight excluding hydrogens is 248 g/mol. The van der Waals surface area contributed by atoms with Crippen LogP contribution in [-0.4, -0.2) is 26.3 Å². The lowest BCUT2D eigenvalue weighted by Crippen LogP contribution is -2.32. The highest BCUT2D eigenvalue weighted by molar-refractivity contribution is 7.91. The van der Waals surface area contributed by atoms with Crippen molar-refractivity contribution in [1.29, 1.82) is 5.26 Å². The van der Waals surface area contributed by atoms with Crippen LogP contribution in [0.2, 0.25) is 0 Å². The van der Waals surface area contributed by atoms with Gasteiger partial charge in [-0.3, -0.25) is 0 Å². The molecule has 1 aliphatic rings. The Morgan fingerprint density at radius 1 is 1.44 bits per heavy atom. The summed E-state index contributed by atoms with van der Waals surface area (Å²) in [6.45, 7) is 2.55. The standard InChI is InChI=1S/C13H16N2O2S/c1-13(5-6-13)15-7-8-18(16,17)12-4-2-3-11(9-12)10-14/h2-4,9,15H,5-8H2,1H3. The van der Waals surface area contributed by atoms with E-state index in [-0.39, 0.29) is 16.2 Å². The summed E-state index contributed by atoms with van der Waals surface area (Å²) >= 11 is 0. The number of nitrogens with zero attached hydrogens (tertiary/aromatic N) is 1. The second-order valence-corrected chi connectivity index (χ2v) is 7.06. The third-order valence-electron chi connectivity index (χ3n) is 3.24. The Hall–Kier alpha value is -1.38. The van der Waals surface area contributed by atoms with E-state index in [1.807, 2.05) is 6.07 Å². The molecule has 2 rings (SSSR count). The van der Waals surface area contributed by atoms with Crippen LogP contribution in [0.3, 0.4) is 0 Å². The molecule has 0 aliphatic heterocycles. The quantitative estimate of drug-likeness (QED) is 0.874. The SMILES string of the molecule is CC1(NCCS(=O)(=O)c2cccc(C#N)c2)CC1. The third kappa shape index (κ3) is 3.09. The van der Waals surface area contributed by atoms with E-state index < -0.39 is 9.84 Å². The van der Waals surface area contributed by atoms with E-state index in [1.165, 1.54) is 12.1 Å². The highest BCUT2D eigenvalue weighted by atomic mass is 32.2. The Morgan fingerprint density at radius 3 is 2.78 bits per heavy atom. The van der Waals surface area contributed by atoms with Crippen LogP contribution in [0, 0.1) is 11.3 Å². The number of hydrogen-bond donors (Lipinski definition) is 1. The molecule has 1 aromatic rings. The maximum absolute atomic E-state index is 12.1. The molecule has 4 nitrogen and oxygen atoms in total. The van der Waals surface area contributed by atoms with E-state index in [1.54, 1.807) is 12.1 Å². The highest BCUT2D eigenvalue weighted by Gasteiger charge is 2.36. The number of nitriles is 1. The minimum Gasteiger partial charge on any atom is -0.310 e. The van der Waals surface area contributed by atoms with Crippen LogP contribution in [0.25, 0.3) is 0 Å². The fourth-order valence-electron chi connectivity index (χ4n) is 1.73. The molecule has 0 bridgehead atoms. The van der Waals surface area contributed by atoms with Gasteiger partial charge in [0, 0.05) is 12.1 Å². The van der Waals surface area contributed by atoms with Crippen LogP contribution in [0.1, 0.15) is 25.3 Å². The van der Waals surface area contributed by atoms with Crippen molar-refractivity contribution in [1.82, 2.24) is 5.32 Å². The molecule has 0 spiro atoms. The molecule has 1 aromatic carbocycles. The number of hydrogen-bond acceptors (Lipinski definition) is 4. The molecule has 0 atom stereocenters. The van der Waals surface area contributed by atoms with Crippen molar-refractivity contribution in [2.24, 2.45) is 0 Å². The number of sulfone groups is 1. The average molecular weight is 264 g/mol. The fourth-order valence-corrected chi connectivity index (χ4v) is 2.93. The van der Waals surface area contributed by atoms with E-state index in [4.69, 9.17) is 5.26 Å². The Kier molecular flexibility index (Phi) is 3.42. The minimum atomic E-state index is -3.30. The normalized spacial score (nSPS) is 17.1. The minimum absolute atomic E-state index is 0.0669.